The standard InChI is InChI=1S/C21H19N3.ClH/c22-21(23-14-13-15-5-2-1-3-6-15)24-19-12-11-17-10-9-16-7-4-8-18(19)20(16)17;/h1-12H,13-14H2,(H3,22,23,24);1H. The Hall–Kier alpha value is -2.78. The van der Waals surface area contributed by atoms with Gasteiger partial charge in [0.25, 0.3) is 0 Å². The SMILES string of the molecule is Cl.N=C(NCCc1ccccc1)Nc1ccc2c3c(cccc13)C=C2. The summed E-state index contributed by atoms with van der Waals surface area (Å²) in [5.74, 6) is 0.331. The van der Waals surface area contributed by atoms with Crippen LogP contribution in [0.4, 0.5) is 5.69 Å². The van der Waals surface area contributed by atoms with Gasteiger partial charge in [0.15, 0.2) is 5.96 Å². The third-order valence-corrected chi connectivity index (χ3v) is 4.37. The van der Waals surface area contributed by atoms with Crippen LogP contribution in [-0.4, -0.2) is 12.5 Å². The van der Waals surface area contributed by atoms with E-state index in [9.17, 15) is 0 Å². The quantitative estimate of drug-likeness (QED) is 0.361. The van der Waals surface area contributed by atoms with Crippen LogP contribution < -0.4 is 10.6 Å². The lowest BCUT2D eigenvalue weighted by Gasteiger charge is -2.13. The Morgan fingerprint density at radius 1 is 0.840 bits per heavy atom. The van der Waals surface area contributed by atoms with Crippen LogP contribution in [0.1, 0.15) is 16.7 Å². The fourth-order valence-electron chi connectivity index (χ4n) is 3.18. The van der Waals surface area contributed by atoms with Crippen LogP contribution in [0.15, 0.2) is 60.7 Å². The van der Waals surface area contributed by atoms with Gasteiger partial charge >= 0.3 is 0 Å². The molecule has 3 aromatic carbocycles. The van der Waals surface area contributed by atoms with Gasteiger partial charge in [0.05, 0.1) is 0 Å². The van der Waals surface area contributed by atoms with Crippen LogP contribution in [0.2, 0.25) is 0 Å². The van der Waals surface area contributed by atoms with E-state index in [1.165, 1.54) is 22.1 Å². The van der Waals surface area contributed by atoms with Gasteiger partial charge < -0.3 is 10.6 Å². The number of rotatable bonds is 4. The number of hydrogen-bond acceptors (Lipinski definition) is 1. The smallest absolute Gasteiger partial charge is 0.192 e. The molecule has 0 fully saturated rings. The largest absolute Gasteiger partial charge is 0.356 e. The van der Waals surface area contributed by atoms with Gasteiger partial charge in [-0.2, -0.15) is 0 Å². The van der Waals surface area contributed by atoms with Crippen molar-refractivity contribution in [3.8, 4) is 0 Å². The minimum Gasteiger partial charge on any atom is -0.356 e. The normalized spacial score (nSPS) is 11.2. The third kappa shape index (κ3) is 3.52. The summed E-state index contributed by atoms with van der Waals surface area (Å²) in [4.78, 5) is 0. The van der Waals surface area contributed by atoms with Gasteiger partial charge in [-0.15, -0.1) is 12.4 Å². The first-order chi connectivity index (χ1) is 11.8. The van der Waals surface area contributed by atoms with Gasteiger partial charge in [0, 0.05) is 17.6 Å². The van der Waals surface area contributed by atoms with E-state index in [1.807, 2.05) is 24.3 Å². The van der Waals surface area contributed by atoms with Gasteiger partial charge in [-0.05, 0) is 34.6 Å². The van der Waals surface area contributed by atoms with Gasteiger partial charge in [-0.3, -0.25) is 5.41 Å². The maximum absolute atomic E-state index is 8.15. The monoisotopic (exact) mass is 349 g/mol. The van der Waals surface area contributed by atoms with Crippen LogP contribution in [0.3, 0.4) is 0 Å². The molecule has 126 valence electrons. The molecular formula is C21H20ClN3. The molecule has 3 nitrogen and oxygen atoms in total. The Balaban J connectivity index is 0.00000182. The maximum Gasteiger partial charge on any atom is 0.192 e. The summed E-state index contributed by atoms with van der Waals surface area (Å²) in [6.45, 7) is 0.735. The molecule has 25 heavy (non-hydrogen) atoms. The van der Waals surface area contributed by atoms with Crippen LogP contribution in [-0.2, 0) is 6.42 Å². The Morgan fingerprint density at radius 3 is 2.40 bits per heavy atom. The first-order valence-electron chi connectivity index (χ1n) is 8.18. The lowest BCUT2D eigenvalue weighted by Crippen LogP contribution is -2.31. The average molecular weight is 350 g/mol. The Bertz CT molecular complexity index is 920. The highest BCUT2D eigenvalue weighted by atomic mass is 35.5. The lowest BCUT2D eigenvalue weighted by atomic mass is 10.0. The van der Waals surface area contributed by atoms with Crippen molar-refractivity contribution >= 4 is 47.0 Å². The number of halogens is 1. The van der Waals surface area contributed by atoms with E-state index in [-0.39, 0.29) is 12.4 Å². The van der Waals surface area contributed by atoms with Crippen molar-refractivity contribution in [2.45, 2.75) is 6.42 Å². The molecule has 0 atom stereocenters. The molecule has 0 spiro atoms. The number of benzene rings is 3. The van der Waals surface area contributed by atoms with Crippen molar-refractivity contribution in [2.24, 2.45) is 0 Å². The first-order valence-corrected chi connectivity index (χ1v) is 8.18. The topological polar surface area (TPSA) is 47.9 Å². The highest BCUT2D eigenvalue weighted by Gasteiger charge is 2.12. The molecule has 0 saturated heterocycles. The van der Waals surface area contributed by atoms with E-state index in [1.54, 1.807) is 0 Å². The molecule has 3 N–H and O–H groups in total. The zero-order chi connectivity index (χ0) is 16.4. The predicted octanol–water partition coefficient (Wildman–Crippen LogP) is 4.92. The minimum absolute atomic E-state index is 0. The summed E-state index contributed by atoms with van der Waals surface area (Å²) in [5, 5.41) is 16.9. The zero-order valence-electron chi connectivity index (χ0n) is 13.8. The second kappa shape index (κ2) is 7.41. The first kappa shape index (κ1) is 17.1. The Morgan fingerprint density at radius 2 is 1.60 bits per heavy atom. The lowest BCUT2D eigenvalue weighted by molar-refractivity contribution is 0.859. The van der Waals surface area contributed by atoms with Crippen LogP contribution >= 0.6 is 12.4 Å². The van der Waals surface area contributed by atoms with Crippen molar-refractivity contribution in [3.05, 3.63) is 77.4 Å². The minimum atomic E-state index is 0. The number of hydrogen-bond donors (Lipinski definition) is 3. The van der Waals surface area contributed by atoms with E-state index in [4.69, 9.17) is 5.41 Å². The van der Waals surface area contributed by atoms with E-state index in [0.717, 1.165) is 24.0 Å². The molecule has 0 aliphatic heterocycles. The third-order valence-electron chi connectivity index (χ3n) is 4.37. The molecule has 1 aliphatic carbocycles. The summed E-state index contributed by atoms with van der Waals surface area (Å²) in [5.41, 5.74) is 4.73. The van der Waals surface area contributed by atoms with Crippen molar-refractivity contribution in [3.63, 3.8) is 0 Å². The van der Waals surface area contributed by atoms with Crippen molar-refractivity contribution < 1.29 is 0 Å². The average Bonchev–Trinajstić information content (AvgIpc) is 3.03. The van der Waals surface area contributed by atoms with E-state index in [2.05, 4.69) is 59.2 Å². The highest BCUT2D eigenvalue weighted by Crippen LogP contribution is 2.35. The molecule has 4 heteroatoms. The Kier molecular flexibility index (Phi) is 5.05. The molecule has 4 rings (SSSR count). The molecule has 0 heterocycles. The second-order valence-corrected chi connectivity index (χ2v) is 5.97. The van der Waals surface area contributed by atoms with E-state index >= 15 is 0 Å². The molecule has 1 aliphatic rings. The molecule has 0 aromatic heterocycles. The van der Waals surface area contributed by atoms with Crippen molar-refractivity contribution in [1.29, 1.82) is 5.41 Å². The van der Waals surface area contributed by atoms with E-state index < -0.39 is 0 Å². The molecule has 0 amide bonds. The molecule has 0 radical (unpaired) electrons. The van der Waals surface area contributed by atoms with Crippen molar-refractivity contribution in [1.82, 2.24) is 5.32 Å². The zero-order valence-corrected chi connectivity index (χ0v) is 14.6. The second-order valence-electron chi connectivity index (χ2n) is 5.97. The number of anilines is 1. The summed E-state index contributed by atoms with van der Waals surface area (Å²) < 4.78 is 0. The summed E-state index contributed by atoms with van der Waals surface area (Å²) in [6, 6.07) is 20.8. The molecule has 0 unspecified atom stereocenters. The summed E-state index contributed by atoms with van der Waals surface area (Å²) >= 11 is 0. The highest BCUT2D eigenvalue weighted by molar-refractivity contribution is 6.11. The molecule has 3 aromatic rings. The fourth-order valence-corrected chi connectivity index (χ4v) is 3.18. The van der Waals surface area contributed by atoms with Gasteiger partial charge in [-0.1, -0.05) is 66.7 Å². The number of guanidine groups is 1. The van der Waals surface area contributed by atoms with Gasteiger partial charge in [0.2, 0.25) is 0 Å². The van der Waals surface area contributed by atoms with Crippen LogP contribution in [0, 0.1) is 5.41 Å². The number of nitrogens with one attached hydrogen (secondary N) is 3. The molecule has 0 saturated carbocycles. The maximum atomic E-state index is 8.15. The summed E-state index contributed by atoms with van der Waals surface area (Å²) in [6.07, 6.45) is 5.19. The van der Waals surface area contributed by atoms with Crippen molar-refractivity contribution in [2.75, 3.05) is 11.9 Å². The van der Waals surface area contributed by atoms with Crippen LogP contribution in [0.5, 0.6) is 0 Å². The molecule has 0 bridgehead atoms. The Labute approximate surface area is 153 Å². The van der Waals surface area contributed by atoms with Gasteiger partial charge in [-0.25, -0.2) is 0 Å². The van der Waals surface area contributed by atoms with Crippen LogP contribution in [0.25, 0.3) is 22.9 Å². The van der Waals surface area contributed by atoms with Gasteiger partial charge in [0.1, 0.15) is 0 Å². The fraction of sp³-hybridized carbons (Fsp3) is 0.0952. The molecular weight excluding hydrogens is 330 g/mol. The van der Waals surface area contributed by atoms with E-state index in [0.29, 0.717) is 5.96 Å². The summed E-state index contributed by atoms with van der Waals surface area (Å²) in [7, 11) is 0. The predicted molar refractivity (Wildman–Crippen MR) is 110 cm³/mol.